The van der Waals surface area contributed by atoms with E-state index in [0.717, 1.165) is 27.8 Å². The largest absolute Gasteiger partial charge is 0.480 e. The van der Waals surface area contributed by atoms with Crippen molar-refractivity contribution in [2.45, 2.75) is 24.8 Å². The summed E-state index contributed by atoms with van der Waals surface area (Å²) in [7, 11) is 0. The molecule has 1 aliphatic rings. The third-order valence-corrected chi connectivity index (χ3v) is 6.38. The average molecular weight is 470 g/mol. The maximum atomic E-state index is 12.4. The van der Waals surface area contributed by atoms with E-state index in [4.69, 9.17) is 27.9 Å². The maximum absolute atomic E-state index is 12.4. The number of aryl methyl sites for hydroxylation is 1. The van der Waals surface area contributed by atoms with Gasteiger partial charge in [0.05, 0.1) is 10.0 Å². The second-order valence-electron chi connectivity index (χ2n) is 7.65. The first-order valence-corrected chi connectivity index (χ1v) is 11.0. The van der Waals surface area contributed by atoms with Gasteiger partial charge in [-0.3, -0.25) is 0 Å². The van der Waals surface area contributed by atoms with Crippen LogP contribution in [0.5, 0.6) is 0 Å². The SMILES string of the molecule is O=C(N[C@H](CCc1ccc(Cl)c(Cl)c1)C(=O)O)OCC1c2ccccc2-c2ccccc21. The molecular formula is C25H21Cl2NO4. The smallest absolute Gasteiger partial charge is 0.407 e. The zero-order valence-electron chi connectivity index (χ0n) is 17.1. The predicted octanol–water partition coefficient (Wildman–Crippen LogP) is 5.92. The summed E-state index contributed by atoms with van der Waals surface area (Å²) in [5.74, 6) is -1.22. The molecule has 1 aliphatic carbocycles. The molecule has 0 radical (unpaired) electrons. The van der Waals surface area contributed by atoms with Crippen molar-refractivity contribution < 1.29 is 19.4 Å². The Hall–Kier alpha value is -3.02. The molecule has 0 aromatic heterocycles. The second kappa shape index (κ2) is 9.63. The molecule has 0 fully saturated rings. The van der Waals surface area contributed by atoms with Crippen LogP contribution >= 0.6 is 23.2 Å². The van der Waals surface area contributed by atoms with Gasteiger partial charge in [-0.1, -0.05) is 77.8 Å². The first kappa shape index (κ1) is 22.2. The summed E-state index contributed by atoms with van der Waals surface area (Å²) in [6.07, 6.45) is -0.150. The standard InChI is InChI=1S/C25H21Cl2NO4/c26-21-11-9-15(13-22(21)27)10-12-23(24(29)30)28-25(31)32-14-20-18-7-3-1-5-16(18)17-6-2-4-8-19(17)20/h1-9,11,13,20,23H,10,12,14H2,(H,28,31)(H,29,30)/t23-/m1/s1. The van der Waals surface area contributed by atoms with Crippen molar-refractivity contribution in [2.24, 2.45) is 0 Å². The van der Waals surface area contributed by atoms with Gasteiger partial charge in [-0.2, -0.15) is 0 Å². The van der Waals surface area contributed by atoms with E-state index in [1.807, 2.05) is 36.4 Å². The number of benzene rings is 3. The molecular weight excluding hydrogens is 449 g/mol. The van der Waals surface area contributed by atoms with E-state index in [-0.39, 0.29) is 18.9 Å². The number of hydrogen-bond donors (Lipinski definition) is 2. The highest BCUT2D eigenvalue weighted by molar-refractivity contribution is 6.42. The van der Waals surface area contributed by atoms with Crippen molar-refractivity contribution in [1.29, 1.82) is 0 Å². The molecule has 4 rings (SSSR count). The maximum Gasteiger partial charge on any atom is 0.407 e. The topological polar surface area (TPSA) is 75.6 Å². The quantitative estimate of drug-likeness (QED) is 0.450. The van der Waals surface area contributed by atoms with Crippen LogP contribution in [-0.4, -0.2) is 29.8 Å². The van der Waals surface area contributed by atoms with E-state index >= 15 is 0 Å². The molecule has 32 heavy (non-hydrogen) atoms. The number of halogens is 2. The number of ether oxygens (including phenoxy) is 1. The van der Waals surface area contributed by atoms with Gasteiger partial charge in [-0.15, -0.1) is 0 Å². The minimum atomic E-state index is -1.13. The number of nitrogens with one attached hydrogen (secondary N) is 1. The molecule has 0 unspecified atom stereocenters. The van der Waals surface area contributed by atoms with Crippen LogP contribution in [0.1, 0.15) is 29.0 Å². The van der Waals surface area contributed by atoms with Gasteiger partial charge in [0.25, 0.3) is 0 Å². The van der Waals surface area contributed by atoms with Crippen molar-refractivity contribution in [2.75, 3.05) is 6.61 Å². The Kier molecular flexibility index (Phi) is 6.68. The van der Waals surface area contributed by atoms with Crippen LogP contribution in [0.25, 0.3) is 11.1 Å². The predicted molar refractivity (Wildman–Crippen MR) is 124 cm³/mol. The molecule has 3 aromatic carbocycles. The summed E-state index contributed by atoms with van der Waals surface area (Å²) >= 11 is 11.9. The fourth-order valence-electron chi connectivity index (χ4n) is 4.05. The number of alkyl carbamates (subject to hydrolysis) is 1. The lowest BCUT2D eigenvalue weighted by atomic mass is 9.98. The molecule has 5 nitrogen and oxygen atoms in total. The average Bonchev–Trinajstić information content (AvgIpc) is 3.11. The number of carboxylic acids is 1. The van der Waals surface area contributed by atoms with Crippen LogP contribution in [0.15, 0.2) is 66.7 Å². The van der Waals surface area contributed by atoms with Crippen molar-refractivity contribution in [3.63, 3.8) is 0 Å². The first-order chi connectivity index (χ1) is 15.4. The first-order valence-electron chi connectivity index (χ1n) is 10.2. The van der Waals surface area contributed by atoms with Gasteiger partial charge >= 0.3 is 12.1 Å². The van der Waals surface area contributed by atoms with E-state index in [0.29, 0.717) is 16.5 Å². The van der Waals surface area contributed by atoms with Crippen LogP contribution in [0.3, 0.4) is 0 Å². The molecule has 164 valence electrons. The summed E-state index contributed by atoms with van der Waals surface area (Å²) in [6.45, 7) is 0.124. The molecule has 1 amide bonds. The highest BCUT2D eigenvalue weighted by Gasteiger charge is 2.29. The van der Waals surface area contributed by atoms with Gasteiger partial charge in [-0.05, 0) is 52.8 Å². The van der Waals surface area contributed by atoms with Gasteiger partial charge in [0.1, 0.15) is 12.6 Å². The molecule has 0 bridgehead atoms. The molecule has 3 aromatic rings. The van der Waals surface area contributed by atoms with E-state index in [1.54, 1.807) is 18.2 Å². The molecule has 2 N–H and O–H groups in total. The summed E-state index contributed by atoms with van der Waals surface area (Å²) in [4.78, 5) is 24.1. The Morgan fingerprint density at radius 1 is 0.938 bits per heavy atom. The molecule has 7 heteroatoms. The highest BCUT2D eigenvalue weighted by atomic mass is 35.5. The third-order valence-electron chi connectivity index (χ3n) is 5.64. The van der Waals surface area contributed by atoms with Crippen molar-refractivity contribution in [1.82, 2.24) is 5.32 Å². The number of rotatable bonds is 7. The van der Waals surface area contributed by atoms with Crippen molar-refractivity contribution in [3.8, 4) is 11.1 Å². The molecule has 1 atom stereocenters. The van der Waals surface area contributed by atoms with Crippen molar-refractivity contribution in [3.05, 3.63) is 93.5 Å². The number of carboxylic acid groups (broad SMARTS) is 1. The van der Waals surface area contributed by atoms with Gasteiger partial charge in [0.2, 0.25) is 0 Å². The molecule has 0 saturated carbocycles. The van der Waals surface area contributed by atoms with Crippen LogP contribution in [0, 0.1) is 0 Å². The Labute approximate surface area is 195 Å². The van der Waals surface area contributed by atoms with Crippen LogP contribution < -0.4 is 5.32 Å². The second-order valence-corrected chi connectivity index (χ2v) is 8.46. The van der Waals surface area contributed by atoms with Crippen LogP contribution in [0.4, 0.5) is 4.79 Å². The number of fused-ring (bicyclic) bond motifs is 3. The molecule has 0 spiro atoms. The molecule has 0 saturated heterocycles. The Bertz CT molecular complexity index is 1120. The summed E-state index contributed by atoms with van der Waals surface area (Å²) in [5.41, 5.74) is 5.27. The summed E-state index contributed by atoms with van der Waals surface area (Å²) in [6, 6.07) is 20.1. The van der Waals surface area contributed by atoms with Gasteiger partial charge in [0.15, 0.2) is 0 Å². The van der Waals surface area contributed by atoms with Gasteiger partial charge in [0, 0.05) is 5.92 Å². The lowest BCUT2D eigenvalue weighted by Gasteiger charge is -2.17. The normalized spacial score (nSPS) is 13.2. The number of amides is 1. The summed E-state index contributed by atoms with van der Waals surface area (Å²) in [5, 5.41) is 12.8. The minimum absolute atomic E-state index is 0.0902. The van der Waals surface area contributed by atoms with E-state index in [9.17, 15) is 14.7 Å². The van der Waals surface area contributed by atoms with E-state index in [1.165, 1.54) is 0 Å². The van der Waals surface area contributed by atoms with E-state index in [2.05, 4.69) is 17.4 Å². The monoisotopic (exact) mass is 469 g/mol. The number of hydrogen-bond acceptors (Lipinski definition) is 3. The van der Waals surface area contributed by atoms with Crippen LogP contribution in [-0.2, 0) is 16.0 Å². The fourth-order valence-corrected chi connectivity index (χ4v) is 4.37. The highest BCUT2D eigenvalue weighted by Crippen LogP contribution is 2.44. The van der Waals surface area contributed by atoms with Crippen LogP contribution in [0.2, 0.25) is 10.0 Å². The third kappa shape index (κ3) is 4.74. The fraction of sp³-hybridized carbons (Fsp3) is 0.200. The van der Waals surface area contributed by atoms with Gasteiger partial charge < -0.3 is 15.2 Å². The summed E-state index contributed by atoms with van der Waals surface area (Å²) < 4.78 is 5.46. The number of aliphatic carboxylic acids is 1. The molecule has 0 heterocycles. The Balaban J connectivity index is 1.38. The lowest BCUT2D eigenvalue weighted by molar-refractivity contribution is -0.139. The number of carbonyl (C=O) groups excluding carboxylic acids is 1. The number of carbonyl (C=O) groups is 2. The van der Waals surface area contributed by atoms with E-state index < -0.39 is 18.1 Å². The Morgan fingerprint density at radius 2 is 1.56 bits per heavy atom. The lowest BCUT2D eigenvalue weighted by Crippen LogP contribution is -2.41. The zero-order chi connectivity index (χ0) is 22.7. The minimum Gasteiger partial charge on any atom is -0.480 e. The molecule has 0 aliphatic heterocycles. The van der Waals surface area contributed by atoms with Crippen molar-refractivity contribution >= 4 is 35.3 Å². The van der Waals surface area contributed by atoms with Gasteiger partial charge in [-0.25, -0.2) is 9.59 Å². The zero-order valence-corrected chi connectivity index (χ0v) is 18.6. The Morgan fingerprint density at radius 3 is 2.16 bits per heavy atom.